The first-order valence-electron chi connectivity index (χ1n) is 9.28. The third kappa shape index (κ3) is 3.82. The summed E-state index contributed by atoms with van der Waals surface area (Å²) in [7, 11) is 0. The monoisotopic (exact) mass is 335 g/mol. The molecular weight excluding hydrogens is 310 g/mol. The van der Waals surface area contributed by atoms with E-state index in [4.69, 9.17) is 4.98 Å². The van der Waals surface area contributed by atoms with Gasteiger partial charge in [-0.25, -0.2) is 9.50 Å². The Kier molecular flexibility index (Phi) is 4.93. The molecule has 0 unspecified atom stereocenters. The first-order chi connectivity index (χ1) is 12.4. The Labute approximate surface area is 148 Å². The van der Waals surface area contributed by atoms with Crippen molar-refractivity contribution in [2.45, 2.75) is 32.1 Å². The minimum Gasteiger partial charge on any atom is -0.369 e. The van der Waals surface area contributed by atoms with E-state index in [-0.39, 0.29) is 0 Å². The molecule has 1 aliphatic heterocycles. The van der Waals surface area contributed by atoms with E-state index >= 15 is 0 Å². The number of hydrogen-bond donors (Lipinski definition) is 2. The third-order valence-corrected chi connectivity index (χ3v) is 4.78. The fraction of sp³-hybridized carbons (Fsp3) is 0.400. The van der Waals surface area contributed by atoms with Crippen molar-refractivity contribution < 1.29 is 0 Å². The van der Waals surface area contributed by atoms with Gasteiger partial charge in [-0.15, -0.1) is 0 Å². The Hall–Kier alpha value is -2.40. The molecular formula is C20H25N5. The van der Waals surface area contributed by atoms with E-state index in [2.05, 4.69) is 40.0 Å². The zero-order chi connectivity index (χ0) is 16.9. The minimum absolute atomic E-state index is 0.877. The first kappa shape index (κ1) is 16.1. The van der Waals surface area contributed by atoms with Gasteiger partial charge in [0.05, 0.1) is 6.20 Å². The maximum absolute atomic E-state index is 4.78. The summed E-state index contributed by atoms with van der Waals surface area (Å²) in [5.74, 6) is 0.900. The Morgan fingerprint density at radius 3 is 2.92 bits per heavy atom. The molecule has 1 aromatic carbocycles. The lowest BCUT2D eigenvalue weighted by Gasteiger charge is -2.07. The highest BCUT2D eigenvalue weighted by Crippen LogP contribution is 2.25. The maximum Gasteiger partial charge on any atom is 0.165 e. The molecule has 25 heavy (non-hydrogen) atoms. The number of hydrogen-bond acceptors (Lipinski definition) is 4. The second kappa shape index (κ2) is 7.66. The molecule has 0 spiro atoms. The molecule has 5 nitrogen and oxygen atoms in total. The van der Waals surface area contributed by atoms with E-state index in [0.717, 1.165) is 43.1 Å². The molecule has 0 fully saturated rings. The van der Waals surface area contributed by atoms with Crippen molar-refractivity contribution in [3.8, 4) is 11.1 Å². The molecule has 0 radical (unpaired) electrons. The summed E-state index contributed by atoms with van der Waals surface area (Å²) in [6, 6.07) is 10.8. The largest absolute Gasteiger partial charge is 0.369 e. The van der Waals surface area contributed by atoms with Crippen LogP contribution in [0.3, 0.4) is 0 Å². The second-order valence-corrected chi connectivity index (χ2v) is 6.68. The van der Waals surface area contributed by atoms with Gasteiger partial charge >= 0.3 is 0 Å². The number of nitrogens with zero attached hydrogens (tertiary/aromatic N) is 3. The summed E-state index contributed by atoms with van der Waals surface area (Å²) in [6.45, 7) is 2.93. The van der Waals surface area contributed by atoms with Crippen LogP contribution in [-0.4, -0.2) is 34.2 Å². The number of fused-ring (bicyclic) bond motifs is 4. The van der Waals surface area contributed by atoms with E-state index in [0.29, 0.717) is 0 Å². The van der Waals surface area contributed by atoms with Crippen molar-refractivity contribution in [1.82, 2.24) is 19.9 Å². The van der Waals surface area contributed by atoms with Crippen LogP contribution in [0.25, 0.3) is 16.8 Å². The summed E-state index contributed by atoms with van der Waals surface area (Å²) in [5, 5.41) is 11.4. The van der Waals surface area contributed by atoms with Gasteiger partial charge in [0.1, 0.15) is 5.82 Å². The van der Waals surface area contributed by atoms with Gasteiger partial charge in [-0.3, -0.25) is 0 Å². The lowest BCUT2D eigenvalue weighted by atomic mass is 10.0. The van der Waals surface area contributed by atoms with E-state index in [1.165, 1.54) is 36.8 Å². The fourth-order valence-corrected chi connectivity index (χ4v) is 3.40. The number of aryl methyl sites for hydroxylation is 1. The highest BCUT2D eigenvalue weighted by molar-refractivity contribution is 5.78. The van der Waals surface area contributed by atoms with Gasteiger partial charge in [0.25, 0.3) is 0 Å². The molecule has 3 aromatic rings. The van der Waals surface area contributed by atoms with Crippen LogP contribution >= 0.6 is 0 Å². The Morgan fingerprint density at radius 2 is 1.92 bits per heavy atom. The van der Waals surface area contributed by atoms with E-state index in [1.54, 1.807) is 0 Å². The molecule has 2 aromatic heterocycles. The fourth-order valence-electron chi connectivity index (χ4n) is 3.40. The molecule has 130 valence electrons. The summed E-state index contributed by atoms with van der Waals surface area (Å²) >= 11 is 0. The molecule has 4 rings (SSSR count). The Morgan fingerprint density at radius 1 is 0.960 bits per heavy atom. The standard InChI is InChI=1S/C20H25N5/c1-2-4-10-21-11-12-22-19-9-13-25-20(24-19)18(15-23-25)17-8-5-7-16(14-17)6-3-1/h5,7-9,13-15,21H,1-4,6,10-12H2,(H,22,24). The zero-order valence-electron chi connectivity index (χ0n) is 14.5. The van der Waals surface area contributed by atoms with Gasteiger partial charge in [-0.05, 0) is 43.0 Å². The summed E-state index contributed by atoms with van der Waals surface area (Å²) in [5.41, 5.74) is 4.59. The van der Waals surface area contributed by atoms with E-state index in [1.807, 2.05) is 23.0 Å². The van der Waals surface area contributed by atoms with Gasteiger partial charge in [-0.1, -0.05) is 37.1 Å². The minimum atomic E-state index is 0.877. The molecule has 0 saturated heterocycles. The Balaban J connectivity index is 1.68. The van der Waals surface area contributed by atoms with E-state index < -0.39 is 0 Å². The molecule has 0 saturated carbocycles. The van der Waals surface area contributed by atoms with Crippen molar-refractivity contribution in [2.75, 3.05) is 25.0 Å². The SMILES string of the molecule is c1cc2cc(c1)-c1cnn3ccc(nc13)NCCNCCCCCC2. The van der Waals surface area contributed by atoms with Crippen LogP contribution in [0, 0.1) is 0 Å². The molecule has 2 N–H and O–H groups in total. The van der Waals surface area contributed by atoms with Crippen molar-refractivity contribution in [3.05, 3.63) is 48.3 Å². The summed E-state index contributed by atoms with van der Waals surface area (Å²) in [4.78, 5) is 4.78. The number of benzene rings is 1. The summed E-state index contributed by atoms with van der Waals surface area (Å²) < 4.78 is 1.85. The maximum atomic E-state index is 4.78. The van der Waals surface area contributed by atoms with Gasteiger partial charge in [0.15, 0.2) is 5.65 Å². The zero-order valence-corrected chi connectivity index (χ0v) is 14.5. The van der Waals surface area contributed by atoms with Crippen molar-refractivity contribution in [2.24, 2.45) is 0 Å². The van der Waals surface area contributed by atoms with Crippen LogP contribution in [0.1, 0.15) is 31.2 Å². The van der Waals surface area contributed by atoms with Gasteiger partial charge in [-0.2, -0.15) is 5.10 Å². The van der Waals surface area contributed by atoms with Crippen LogP contribution in [0.5, 0.6) is 0 Å². The molecule has 5 heteroatoms. The lowest BCUT2D eigenvalue weighted by Crippen LogP contribution is -2.23. The summed E-state index contributed by atoms with van der Waals surface area (Å²) in [6.07, 6.45) is 10.1. The van der Waals surface area contributed by atoms with Gasteiger partial charge in [0, 0.05) is 24.8 Å². The normalized spacial score (nSPS) is 16.5. The number of aromatic nitrogens is 3. The highest BCUT2D eigenvalue weighted by Gasteiger charge is 2.10. The third-order valence-electron chi connectivity index (χ3n) is 4.78. The average molecular weight is 335 g/mol. The van der Waals surface area contributed by atoms with Crippen molar-refractivity contribution in [3.63, 3.8) is 0 Å². The number of nitrogens with one attached hydrogen (secondary N) is 2. The van der Waals surface area contributed by atoms with Crippen molar-refractivity contribution in [1.29, 1.82) is 0 Å². The van der Waals surface area contributed by atoms with Crippen molar-refractivity contribution >= 4 is 11.5 Å². The molecule has 4 bridgehead atoms. The number of rotatable bonds is 0. The van der Waals surface area contributed by atoms with Crippen LogP contribution in [0.2, 0.25) is 0 Å². The quantitative estimate of drug-likeness (QED) is 0.660. The molecule has 0 aliphatic carbocycles. The first-order valence-corrected chi connectivity index (χ1v) is 9.28. The molecule has 3 heterocycles. The smallest absolute Gasteiger partial charge is 0.165 e. The van der Waals surface area contributed by atoms with Gasteiger partial charge in [0.2, 0.25) is 0 Å². The van der Waals surface area contributed by atoms with Crippen LogP contribution in [-0.2, 0) is 6.42 Å². The van der Waals surface area contributed by atoms with Gasteiger partial charge < -0.3 is 10.6 Å². The number of anilines is 1. The van der Waals surface area contributed by atoms with Crippen LogP contribution < -0.4 is 10.6 Å². The van der Waals surface area contributed by atoms with E-state index in [9.17, 15) is 0 Å². The molecule has 0 amide bonds. The predicted molar refractivity (Wildman–Crippen MR) is 102 cm³/mol. The molecule has 0 atom stereocenters. The topological polar surface area (TPSA) is 54.2 Å². The Bertz CT molecular complexity index is 839. The molecule has 1 aliphatic rings. The highest BCUT2D eigenvalue weighted by atomic mass is 15.2. The van der Waals surface area contributed by atoms with Crippen LogP contribution in [0.15, 0.2) is 42.7 Å². The lowest BCUT2D eigenvalue weighted by molar-refractivity contribution is 0.593. The van der Waals surface area contributed by atoms with Crippen LogP contribution in [0.4, 0.5) is 5.82 Å². The predicted octanol–water partition coefficient (Wildman–Crippen LogP) is 3.51. The average Bonchev–Trinajstić information content (AvgIpc) is 3.06. The second-order valence-electron chi connectivity index (χ2n) is 6.68.